The number of amides is 1. The second kappa shape index (κ2) is 7.86. The highest BCUT2D eigenvalue weighted by atomic mass is 16.5. The zero-order valence-corrected chi connectivity index (χ0v) is 16.3. The number of hydrogen-bond acceptors (Lipinski definition) is 4. The summed E-state index contributed by atoms with van der Waals surface area (Å²) < 4.78 is 10.3. The molecule has 1 saturated heterocycles. The number of aryl methyl sites for hydroxylation is 2. The fourth-order valence-electron chi connectivity index (χ4n) is 4.14. The molecule has 2 aromatic rings. The van der Waals surface area contributed by atoms with Crippen molar-refractivity contribution in [3.63, 3.8) is 0 Å². The second-order valence-corrected chi connectivity index (χ2v) is 7.74. The van der Waals surface area contributed by atoms with Crippen LogP contribution in [0.5, 0.6) is 0 Å². The van der Waals surface area contributed by atoms with Crippen molar-refractivity contribution in [2.75, 3.05) is 26.2 Å². The van der Waals surface area contributed by atoms with Gasteiger partial charge in [-0.15, -0.1) is 0 Å². The van der Waals surface area contributed by atoms with E-state index in [4.69, 9.17) is 4.74 Å². The van der Waals surface area contributed by atoms with Crippen LogP contribution in [-0.2, 0) is 36.2 Å². The number of aromatic nitrogens is 3. The van der Waals surface area contributed by atoms with Crippen molar-refractivity contribution in [2.45, 2.75) is 45.5 Å². The summed E-state index contributed by atoms with van der Waals surface area (Å²) in [4.78, 5) is 16.7. The molecule has 146 valence electrons. The molecular formula is C20H29N5O2. The van der Waals surface area contributed by atoms with Crippen molar-refractivity contribution in [2.24, 2.45) is 7.05 Å². The number of likely N-dealkylation sites (tertiary alicyclic amines) is 1. The first-order chi connectivity index (χ1) is 13.1. The maximum absolute atomic E-state index is 12.4. The Labute approximate surface area is 160 Å². The van der Waals surface area contributed by atoms with Crippen LogP contribution >= 0.6 is 0 Å². The van der Waals surface area contributed by atoms with Crippen LogP contribution in [-0.4, -0.2) is 62.4 Å². The Morgan fingerprint density at radius 1 is 1.30 bits per heavy atom. The monoisotopic (exact) mass is 371 g/mol. The molecule has 0 aromatic carbocycles. The molecule has 0 aliphatic carbocycles. The maximum atomic E-state index is 12.4. The number of ether oxygens (including phenoxy) is 1. The molecule has 4 rings (SSSR count). The first kappa shape index (κ1) is 18.3. The molecule has 27 heavy (non-hydrogen) atoms. The Morgan fingerprint density at radius 3 is 2.85 bits per heavy atom. The quantitative estimate of drug-likeness (QED) is 0.800. The van der Waals surface area contributed by atoms with Gasteiger partial charge in [0.05, 0.1) is 17.5 Å². The van der Waals surface area contributed by atoms with Crippen LogP contribution in [0.1, 0.15) is 29.9 Å². The fraction of sp³-hybridized carbons (Fsp3) is 0.600. The number of nitrogens with zero attached hydrogens (tertiary/aromatic N) is 5. The molecule has 7 heteroatoms. The number of rotatable bonds is 5. The number of fused-ring (bicyclic) bond motifs is 1. The number of carbonyl (C=O) groups excluding carboxylic acids is 1. The van der Waals surface area contributed by atoms with E-state index in [2.05, 4.69) is 39.0 Å². The lowest BCUT2D eigenvalue weighted by molar-refractivity contribution is -0.137. The third-order valence-corrected chi connectivity index (χ3v) is 5.56. The first-order valence-electron chi connectivity index (χ1n) is 9.84. The minimum absolute atomic E-state index is 0.000437. The van der Waals surface area contributed by atoms with Gasteiger partial charge in [0.2, 0.25) is 5.91 Å². The van der Waals surface area contributed by atoms with E-state index in [1.807, 2.05) is 23.6 Å². The van der Waals surface area contributed by atoms with Gasteiger partial charge in [-0.05, 0) is 38.0 Å². The SMILES string of the molecule is Cc1cc(CN2Cc3cccn3C[C@H](OCC(=O)N3CCCC3)C2)n(C)n1. The molecular weight excluding hydrogens is 342 g/mol. The molecule has 0 radical (unpaired) electrons. The molecule has 0 unspecified atom stereocenters. The van der Waals surface area contributed by atoms with E-state index >= 15 is 0 Å². The lowest BCUT2D eigenvalue weighted by Crippen LogP contribution is -2.37. The molecule has 2 aromatic heterocycles. The predicted octanol–water partition coefficient (Wildman–Crippen LogP) is 1.55. The first-order valence-corrected chi connectivity index (χ1v) is 9.84. The summed E-state index contributed by atoms with van der Waals surface area (Å²) in [6, 6.07) is 6.38. The van der Waals surface area contributed by atoms with Crippen LogP contribution in [0.25, 0.3) is 0 Å². The van der Waals surface area contributed by atoms with Crippen molar-refractivity contribution in [1.82, 2.24) is 24.1 Å². The molecule has 0 spiro atoms. The molecule has 0 bridgehead atoms. The molecule has 0 saturated carbocycles. The Bertz CT molecular complexity index is 790. The number of hydrogen-bond donors (Lipinski definition) is 0. The smallest absolute Gasteiger partial charge is 0.248 e. The molecule has 4 heterocycles. The van der Waals surface area contributed by atoms with E-state index in [-0.39, 0.29) is 18.6 Å². The summed E-state index contributed by atoms with van der Waals surface area (Å²) in [7, 11) is 1.99. The van der Waals surface area contributed by atoms with Gasteiger partial charge in [0.15, 0.2) is 0 Å². The molecule has 2 aliphatic rings. The van der Waals surface area contributed by atoms with Crippen LogP contribution in [0.4, 0.5) is 0 Å². The van der Waals surface area contributed by atoms with Gasteiger partial charge in [-0.3, -0.25) is 14.4 Å². The summed E-state index contributed by atoms with van der Waals surface area (Å²) in [5.41, 5.74) is 3.51. The molecule has 1 fully saturated rings. The van der Waals surface area contributed by atoms with E-state index in [1.165, 1.54) is 11.4 Å². The Balaban J connectivity index is 1.43. The highest BCUT2D eigenvalue weighted by Crippen LogP contribution is 2.18. The van der Waals surface area contributed by atoms with Gasteiger partial charge in [-0.25, -0.2) is 0 Å². The third kappa shape index (κ3) is 4.25. The largest absolute Gasteiger partial charge is 0.365 e. The van der Waals surface area contributed by atoms with Gasteiger partial charge in [0, 0.05) is 58.2 Å². The Kier molecular flexibility index (Phi) is 5.31. The highest BCUT2D eigenvalue weighted by Gasteiger charge is 2.25. The van der Waals surface area contributed by atoms with E-state index in [0.717, 1.165) is 57.8 Å². The predicted molar refractivity (Wildman–Crippen MR) is 102 cm³/mol. The summed E-state index contributed by atoms with van der Waals surface area (Å²) >= 11 is 0. The zero-order valence-electron chi connectivity index (χ0n) is 16.3. The van der Waals surface area contributed by atoms with Gasteiger partial charge in [-0.2, -0.15) is 5.10 Å². The minimum Gasteiger partial charge on any atom is -0.365 e. The van der Waals surface area contributed by atoms with Crippen molar-refractivity contribution in [3.05, 3.63) is 41.5 Å². The van der Waals surface area contributed by atoms with Crippen molar-refractivity contribution in [1.29, 1.82) is 0 Å². The van der Waals surface area contributed by atoms with E-state index in [1.54, 1.807) is 0 Å². The van der Waals surface area contributed by atoms with Gasteiger partial charge < -0.3 is 14.2 Å². The normalized spacial score (nSPS) is 20.7. The summed E-state index contributed by atoms with van der Waals surface area (Å²) in [6.45, 7) is 7.24. The molecule has 0 N–H and O–H groups in total. The van der Waals surface area contributed by atoms with Gasteiger partial charge in [0.1, 0.15) is 6.61 Å². The van der Waals surface area contributed by atoms with Crippen molar-refractivity contribution < 1.29 is 9.53 Å². The summed E-state index contributed by atoms with van der Waals surface area (Å²) in [6.07, 6.45) is 4.32. The Morgan fingerprint density at radius 2 is 2.11 bits per heavy atom. The third-order valence-electron chi connectivity index (χ3n) is 5.56. The standard InChI is InChI=1S/C20H29N5O2/c1-16-10-18(22(2)21-16)12-23-11-17-6-5-9-25(17)14-19(13-23)27-15-20(26)24-7-3-4-8-24/h5-6,9-10,19H,3-4,7-8,11-15H2,1-2H3/t19-/m1/s1. The number of carbonyl (C=O) groups is 1. The topological polar surface area (TPSA) is 55.5 Å². The average molecular weight is 371 g/mol. The zero-order chi connectivity index (χ0) is 18.8. The second-order valence-electron chi connectivity index (χ2n) is 7.74. The van der Waals surface area contributed by atoms with Crippen LogP contribution in [0.2, 0.25) is 0 Å². The van der Waals surface area contributed by atoms with Crippen LogP contribution < -0.4 is 0 Å². The summed E-state index contributed by atoms with van der Waals surface area (Å²) in [5.74, 6) is 0.123. The van der Waals surface area contributed by atoms with Crippen LogP contribution in [0, 0.1) is 6.92 Å². The fourth-order valence-corrected chi connectivity index (χ4v) is 4.14. The lowest BCUT2D eigenvalue weighted by Gasteiger charge is -2.25. The van der Waals surface area contributed by atoms with Crippen molar-refractivity contribution in [3.8, 4) is 0 Å². The van der Waals surface area contributed by atoms with Gasteiger partial charge >= 0.3 is 0 Å². The maximum Gasteiger partial charge on any atom is 0.248 e. The highest BCUT2D eigenvalue weighted by molar-refractivity contribution is 5.77. The van der Waals surface area contributed by atoms with Crippen LogP contribution in [0.3, 0.4) is 0 Å². The van der Waals surface area contributed by atoms with E-state index in [9.17, 15) is 4.79 Å². The van der Waals surface area contributed by atoms with Gasteiger partial charge in [-0.1, -0.05) is 0 Å². The summed E-state index contributed by atoms with van der Waals surface area (Å²) in [5, 5.41) is 4.46. The van der Waals surface area contributed by atoms with Crippen LogP contribution in [0.15, 0.2) is 24.4 Å². The average Bonchev–Trinajstić information content (AvgIpc) is 3.34. The minimum atomic E-state index is -0.000437. The molecule has 1 amide bonds. The Hall–Kier alpha value is -2.12. The van der Waals surface area contributed by atoms with Crippen molar-refractivity contribution >= 4 is 5.91 Å². The van der Waals surface area contributed by atoms with Gasteiger partial charge in [0.25, 0.3) is 0 Å². The lowest BCUT2D eigenvalue weighted by atomic mass is 10.3. The van der Waals surface area contributed by atoms with E-state index in [0.29, 0.717) is 0 Å². The molecule has 2 aliphatic heterocycles. The molecule has 7 nitrogen and oxygen atoms in total. The molecule has 1 atom stereocenters. The van der Waals surface area contributed by atoms with E-state index < -0.39 is 0 Å².